The molecule has 20 heavy (non-hydrogen) atoms. The summed E-state index contributed by atoms with van der Waals surface area (Å²) in [5.74, 6) is 0.584. The first-order valence-corrected chi connectivity index (χ1v) is 8.70. The summed E-state index contributed by atoms with van der Waals surface area (Å²) in [4.78, 5) is 13.9. The molecule has 0 N–H and O–H groups in total. The van der Waals surface area contributed by atoms with E-state index in [0.717, 1.165) is 0 Å². The van der Waals surface area contributed by atoms with Gasteiger partial charge in [0.2, 0.25) is 0 Å². The van der Waals surface area contributed by atoms with Gasteiger partial charge in [0.05, 0.1) is 11.5 Å². The second-order valence-electron chi connectivity index (χ2n) is 5.75. The van der Waals surface area contributed by atoms with E-state index >= 15 is 0 Å². The molecule has 1 saturated heterocycles. The minimum absolute atomic E-state index is 0.0827. The minimum Gasteiger partial charge on any atom is -0.338 e. The fraction of sp³-hybridized carbons (Fsp3) is 0.533. The smallest absolute Gasteiger partial charge is 0.253 e. The highest BCUT2D eigenvalue weighted by molar-refractivity contribution is 7.91. The number of sulfone groups is 1. The van der Waals surface area contributed by atoms with Crippen molar-refractivity contribution >= 4 is 15.7 Å². The van der Waals surface area contributed by atoms with Crippen LogP contribution in [-0.2, 0) is 9.84 Å². The first-order valence-electron chi connectivity index (χ1n) is 6.88. The highest BCUT2D eigenvalue weighted by atomic mass is 32.2. The molecule has 1 aromatic rings. The molecule has 0 aromatic heterocycles. The molecule has 4 nitrogen and oxygen atoms in total. The number of hydrogen-bond acceptors (Lipinski definition) is 3. The van der Waals surface area contributed by atoms with Crippen molar-refractivity contribution < 1.29 is 13.2 Å². The maximum Gasteiger partial charge on any atom is 0.253 e. The molecule has 0 bridgehead atoms. The predicted octanol–water partition coefficient (Wildman–Crippen LogP) is 2.07. The normalized spacial score (nSPS) is 21.1. The fourth-order valence-corrected chi connectivity index (χ4v) is 4.24. The number of carbonyl (C=O) groups is 1. The maximum atomic E-state index is 12.4. The average Bonchev–Trinajstić information content (AvgIpc) is 2.77. The zero-order valence-corrected chi connectivity index (χ0v) is 13.0. The molecule has 1 atom stereocenters. The van der Waals surface area contributed by atoms with E-state index in [0.29, 0.717) is 17.9 Å². The van der Waals surface area contributed by atoms with Crippen molar-refractivity contribution in [2.75, 3.05) is 18.6 Å². The molecule has 1 aliphatic rings. The SMILES string of the molecule is CC(C)c1ccc(C(=O)N(C)[C@@H]2CCS(=O)(=O)C2)cc1. The van der Waals surface area contributed by atoms with Crippen molar-refractivity contribution in [3.63, 3.8) is 0 Å². The van der Waals surface area contributed by atoms with Crippen molar-refractivity contribution in [2.24, 2.45) is 0 Å². The van der Waals surface area contributed by atoms with E-state index in [1.807, 2.05) is 24.3 Å². The van der Waals surface area contributed by atoms with Crippen molar-refractivity contribution in [3.05, 3.63) is 35.4 Å². The zero-order chi connectivity index (χ0) is 14.9. The molecule has 5 heteroatoms. The van der Waals surface area contributed by atoms with Crippen LogP contribution in [0.3, 0.4) is 0 Å². The van der Waals surface area contributed by atoms with Gasteiger partial charge in [0.1, 0.15) is 0 Å². The number of carbonyl (C=O) groups excluding carboxylic acids is 1. The van der Waals surface area contributed by atoms with E-state index in [4.69, 9.17) is 0 Å². The summed E-state index contributed by atoms with van der Waals surface area (Å²) in [5, 5.41) is 0. The molecule has 2 rings (SSSR count). The molecular weight excluding hydrogens is 274 g/mol. The van der Waals surface area contributed by atoms with Gasteiger partial charge >= 0.3 is 0 Å². The Morgan fingerprint density at radius 3 is 2.30 bits per heavy atom. The molecule has 1 amide bonds. The predicted molar refractivity (Wildman–Crippen MR) is 79.7 cm³/mol. The van der Waals surface area contributed by atoms with Gasteiger partial charge < -0.3 is 4.90 Å². The van der Waals surface area contributed by atoms with Gasteiger partial charge in [-0.05, 0) is 30.0 Å². The molecule has 110 valence electrons. The number of benzene rings is 1. The molecule has 1 heterocycles. The van der Waals surface area contributed by atoms with Gasteiger partial charge in [0.25, 0.3) is 5.91 Å². The molecule has 1 aromatic carbocycles. The van der Waals surface area contributed by atoms with E-state index in [2.05, 4.69) is 13.8 Å². The summed E-state index contributed by atoms with van der Waals surface area (Å²) in [7, 11) is -1.28. The van der Waals surface area contributed by atoms with Crippen LogP contribution in [0.5, 0.6) is 0 Å². The molecular formula is C15H21NO3S. The first-order chi connectivity index (χ1) is 9.30. The van der Waals surface area contributed by atoms with E-state index in [1.54, 1.807) is 11.9 Å². The first kappa shape index (κ1) is 15.0. The summed E-state index contributed by atoms with van der Waals surface area (Å²) in [6.45, 7) is 4.21. The Kier molecular flexibility index (Phi) is 4.18. The van der Waals surface area contributed by atoms with Crippen molar-refractivity contribution in [3.8, 4) is 0 Å². The number of rotatable bonds is 3. The van der Waals surface area contributed by atoms with E-state index in [-0.39, 0.29) is 23.5 Å². The fourth-order valence-electron chi connectivity index (χ4n) is 2.46. The maximum absolute atomic E-state index is 12.4. The summed E-state index contributed by atoms with van der Waals surface area (Å²) >= 11 is 0. The topological polar surface area (TPSA) is 54.5 Å². The lowest BCUT2D eigenvalue weighted by Gasteiger charge is -2.23. The van der Waals surface area contributed by atoms with Crippen LogP contribution in [0.15, 0.2) is 24.3 Å². The third-order valence-corrected chi connectivity index (χ3v) is 5.65. The largest absolute Gasteiger partial charge is 0.338 e. The second-order valence-corrected chi connectivity index (χ2v) is 7.98. The number of nitrogens with zero attached hydrogens (tertiary/aromatic N) is 1. The Labute approximate surface area is 120 Å². The van der Waals surface area contributed by atoms with Gasteiger partial charge in [-0.1, -0.05) is 26.0 Å². The molecule has 1 fully saturated rings. The third kappa shape index (κ3) is 3.20. The molecule has 0 radical (unpaired) electrons. The van der Waals surface area contributed by atoms with Crippen LogP contribution in [0.1, 0.15) is 42.1 Å². The quantitative estimate of drug-likeness (QED) is 0.858. The van der Waals surface area contributed by atoms with Crippen LogP contribution in [0.4, 0.5) is 0 Å². The highest BCUT2D eigenvalue weighted by Gasteiger charge is 2.32. The lowest BCUT2D eigenvalue weighted by molar-refractivity contribution is 0.0747. The van der Waals surface area contributed by atoms with Crippen LogP contribution >= 0.6 is 0 Å². The average molecular weight is 295 g/mol. The van der Waals surface area contributed by atoms with Crippen molar-refractivity contribution in [1.82, 2.24) is 4.90 Å². The number of amides is 1. The van der Waals surface area contributed by atoms with Crippen molar-refractivity contribution in [2.45, 2.75) is 32.2 Å². The molecule has 0 spiro atoms. The van der Waals surface area contributed by atoms with E-state index in [1.165, 1.54) is 5.56 Å². The van der Waals surface area contributed by atoms with Gasteiger partial charge in [-0.15, -0.1) is 0 Å². The lowest BCUT2D eigenvalue weighted by atomic mass is 10.0. The summed E-state index contributed by atoms with van der Waals surface area (Å²) in [6.07, 6.45) is 0.536. The lowest BCUT2D eigenvalue weighted by Crippen LogP contribution is -2.37. The molecule has 0 aliphatic carbocycles. The standard InChI is InChI=1S/C15H21NO3S/c1-11(2)12-4-6-13(7-5-12)15(17)16(3)14-8-9-20(18,19)10-14/h4-7,11,14H,8-10H2,1-3H3/t14-/m1/s1. The van der Waals surface area contributed by atoms with Gasteiger partial charge in [-0.3, -0.25) is 4.79 Å². The van der Waals surface area contributed by atoms with Gasteiger partial charge in [-0.25, -0.2) is 8.42 Å². The molecule has 0 unspecified atom stereocenters. The second kappa shape index (κ2) is 5.56. The van der Waals surface area contributed by atoms with Crippen LogP contribution in [-0.4, -0.2) is 43.8 Å². The summed E-state index contributed by atoms with van der Waals surface area (Å²) in [6, 6.07) is 7.35. The van der Waals surface area contributed by atoms with E-state index < -0.39 is 9.84 Å². The zero-order valence-electron chi connectivity index (χ0n) is 12.2. The number of hydrogen-bond donors (Lipinski definition) is 0. The summed E-state index contributed by atoms with van der Waals surface area (Å²) in [5.41, 5.74) is 1.80. The van der Waals surface area contributed by atoms with E-state index in [9.17, 15) is 13.2 Å². The Hall–Kier alpha value is -1.36. The van der Waals surface area contributed by atoms with Gasteiger partial charge in [0, 0.05) is 18.7 Å². The monoisotopic (exact) mass is 295 g/mol. The van der Waals surface area contributed by atoms with Crippen molar-refractivity contribution in [1.29, 1.82) is 0 Å². The molecule has 1 aliphatic heterocycles. The van der Waals surface area contributed by atoms with Gasteiger partial charge in [-0.2, -0.15) is 0 Å². The third-order valence-electron chi connectivity index (χ3n) is 3.90. The molecule has 0 saturated carbocycles. The van der Waals surface area contributed by atoms with Crippen LogP contribution < -0.4 is 0 Å². The van der Waals surface area contributed by atoms with Crippen LogP contribution in [0.25, 0.3) is 0 Å². The Morgan fingerprint density at radius 1 is 1.25 bits per heavy atom. The Balaban J connectivity index is 2.11. The highest BCUT2D eigenvalue weighted by Crippen LogP contribution is 2.20. The Morgan fingerprint density at radius 2 is 1.85 bits per heavy atom. The van der Waals surface area contributed by atoms with Gasteiger partial charge in [0.15, 0.2) is 9.84 Å². The summed E-state index contributed by atoms with van der Waals surface area (Å²) < 4.78 is 23.0. The Bertz CT molecular complexity index is 590. The van der Waals surface area contributed by atoms with Crippen LogP contribution in [0.2, 0.25) is 0 Å². The minimum atomic E-state index is -2.97. The van der Waals surface area contributed by atoms with Crippen LogP contribution in [0, 0.1) is 0 Å².